The van der Waals surface area contributed by atoms with Crippen molar-refractivity contribution in [2.24, 2.45) is 5.92 Å². The van der Waals surface area contributed by atoms with E-state index in [1.807, 2.05) is 0 Å². The van der Waals surface area contributed by atoms with Crippen molar-refractivity contribution in [3.05, 3.63) is 0 Å². The normalized spacial score (nSPS) is 36.4. The van der Waals surface area contributed by atoms with Crippen molar-refractivity contribution in [3.8, 4) is 0 Å². The van der Waals surface area contributed by atoms with Crippen LogP contribution in [0.25, 0.3) is 0 Å². The Balaban J connectivity index is 1.97. The summed E-state index contributed by atoms with van der Waals surface area (Å²) < 4.78 is 0. The highest BCUT2D eigenvalue weighted by atomic mass is 15.2. The molecule has 0 radical (unpaired) electrons. The van der Waals surface area contributed by atoms with Crippen molar-refractivity contribution in [1.82, 2.24) is 10.2 Å². The van der Waals surface area contributed by atoms with Gasteiger partial charge in [0.05, 0.1) is 0 Å². The number of nitrogens with zero attached hydrogens (tertiary/aromatic N) is 1. The Bertz CT molecular complexity index is 219. The van der Waals surface area contributed by atoms with E-state index in [9.17, 15) is 0 Å². The van der Waals surface area contributed by atoms with E-state index in [1.165, 1.54) is 51.7 Å². The van der Waals surface area contributed by atoms with Crippen LogP contribution in [0.5, 0.6) is 0 Å². The predicted molar refractivity (Wildman–Crippen MR) is 69.7 cm³/mol. The summed E-state index contributed by atoms with van der Waals surface area (Å²) >= 11 is 0. The van der Waals surface area contributed by atoms with E-state index in [0.29, 0.717) is 5.54 Å². The van der Waals surface area contributed by atoms with Crippen LogP contribution >= 0.6 is 0 Å². The Morgan fingerprint density at radius 2 is 2.19 bits per heavy atom. The molecule has 0 aliphatic carbocycles. The Kier molecular flexibility index (Phi) is 3.91. The van der Waals surface area contributed by atoms with Crippen molar-refractivity contribution in [2.75, 3.05) is 19.6 Å². The second-order valence-electron chi connectivity index (χ2n) is 6.09. The van der Waals surface area contributed by atoms with Crippen LogP contribution in [0.3, 0.4) is 0 Å². The van der Waals surface area contributed by atoms with Gasteiger partial charge in [-0.05, 0) is 51.1 Å². The first-order valence-corrected chi connectivity index (χ1v) is 7.16. The molecule has 94 valence electrons. The lowest BCUT2D eigenvalue weighted by Crippen LogP contribution is -2.51. The molecule has 0 saturated carbocycles. The van der Waals surface area contributed by atoms with E-state index in [0.717, 1.165) is 12.0 Å². The van der Waals surface area contributed by atoms with Crippen LogP contribution in [0, 0.1) is 5.92 Å². The monoisotopic (exact) mass is 224 g/mol. The molecule has 2 unspecified atom stereocenters. The van der Waals surface area contributed by atoms with Crippen molar-refractivity contribution in [1.29, 1.82) is 0 Å². The molecule has 1 N–H and O–H groups in total. The van der Waals surface area contributed by atoms with Gasteiger partial charge in [0.1, 0.15) is 0 Å². The summed E-state index contributed by atoms with van der Waals surface area (Å²) in [5.74, 6) is 0.817. The summed E-state index contributed by atoms with van der Waals surface area (Å²) in [5.41, 5.74) is 0.442. The summed E-state index contributed by atoms with van der Waals surface area (Å²) in [4.78, 5) is 2.76. The lowest BCUT2D eigenvalue weighted by Gasteiger charge is -2.37. The van der Waals surface area contributed by atoms with Crippen molar-refractivity contribution < 1.29 is 0 Å². The molecule has 0 aromatic heterocycles. The zero-order valence-electron chi connectivity index (χ0n) is 11.3. The zero-order chi connectivity index (χ0) is 11.6. The lowest BCUT2D eigenvalue weighted by molar-refractivity contribution is 0.148. The second-order valence-corrected chi connectivity index (χ2v) is 6.09. The Morgan fingerprint density at radius 3 is 2.75 bits per heavy atom. The zero-order valence-corrected chi connectivity index (χ0v) is 11.3. The average molecular weight is 224 g/mol. The van der Waals surface area contributed by atoms with Gasteiger partial charge in [-0.15, -0.1) is 0 Å². The molecule has 0 aromatic rings. The molecule has 2 heterocycles. The Labute approximate surface area is 101 Å². The first-order valence-electron chi connectivity index (χ1n) is 7.16. The minimum absolute atomic E-state index is 0.442. The molecule has 0 aromatic carbocycles. The highest BCUT2D eigenvalue weighted by Gasteiger charge is 2.37. The number of hydrogen-bond acceptors (Lipinski definition) is 2. The lowest BCUT2D eigenvalue weighted by atomic mass is 9.92. The van der Waals surface area contributed by atoms with Gasteiger partial charge in [-0.1, -0.05) is 20.8 Å². The molecule has 2 saturated heterocycles. The quantitative estimate of drug-likeness (QED) is 0.790. The van der Waals surface area contributed by atoms with Crippen LogP contribution in [0.15, 0.2) is 0 Å². The first kappa shape index (κ1) is 12.4. The summed E-state index contributed by atoms with van der Waals surface area (Å²) in [6.07, 6.45) is 6.85. The van der Waals surface area contributed by atoms with E-state index in [4.69, 9.17) is 0 Å². The van der Waals surface area contributed by atoms with Gasteiger partial charge >= 0.3 is 0 Å². The topological polar surface area (TPSA) is 15.3 Å². The van der Waals surface area contributed by atoms with E-state index >= 15 is 0 Å². The maximum Gasteiger partial charge on any atom is 0.0306 e. The van der Waals surface area contributed by atoms with Gasteiger partial charge in [0.15, 0.2) is 0 Å². The molecule has 0 bridgehead atoms. The van der Waals surface area contributed by atoms with Crippen LogP contribution in [-0.2, 0) is 0 Å². The summed E-state index contributed by atoms with van der Waals surface area (Å²) in [6, 6.07) is 0.839. The van der Waals surface area contributed by atoms with Crippen molar-refractivity contribution in [3.63, 3.8) is 0 Å². The molecule has 0 amide bonds. The van der Waals surface area contributed by atoms with Crippen LogP contribution in [-0.4, -0.2) is 36.1 Å². The first-order chi connectivity index (χ1) is 7.67. The molecule has 2 atom stereocenters. The third-order valence-electron chi connectivity index (χ3n) is 4.70. The molecule has 2 fully saturated rings. The SMILES string of the molecule is CCC1(CN2CCCC2C(C)C)CCCN1. The minimum Gasteiger partial charge on any atom is -0.310 e. The fourth-order valence-corrected chi connectivity index (χ4v) is 3.61. The molecule has 2 nitrogen and oxygen atoms in total. The van der Waals surface area contributed by atoms with Crippen LogP contribution in [0.4, 0.5) is 0 Å². The highest BCUT2D eigenvalue weighted by Crippen LogP contribution is 2.30. The number of rotatable bonds is 4. The number of likely N-dealkylation sites (tertiary alicyclic amines) is 1. The third-order valence-corrected chi connectivity index (χ3v) is 4.70. The summed E-state index contributed by atoms with van der Waals surface area (Å²) in [5, 5.41) is 3.76. The third kappa shape index (κ3) is 2.43. The number of hydrogen-bond donors (Lipinski definition) is 1. The van der Waals surface area contributed by atoms with Crippen LogP contribution in [0.1, 0.15) is 52.9 Å². The van der Waals surface area contributed by atoms with Gasteiger partial charge < -0.3 is 5.32 Å². The molecule has 2 aliphatic rings. The highest BCUT2D eigenvalue weighted by molar-refractivity contribution is 4.97. The van der Waals surface area contributed by atoms with Gasteiger partial charge in [0, 0.05) is 18.1 Å². The van der Waals surface area contributed by atoms with E-state index in [-0.39, 0.29) is 0 Å². The van der Waals surface area contributed by atoms with E-state index in [1.54, 1.807) is 0 Å². The largest absolute Gasteiger partial charge is 0.310 e. The number of nitrogens with one attached hydrogen (secondary N) is 1. The summed E-state index contributed by atoms with van der Waals surface area (Å²) in [6.45, 7) is 10.9. The second kappa shape index (κ2) is 5.05. The van der Waals surface area contributed by atoms with Crippen molar-refractivity contribution >= 4 is 0 Å². The average Bonchev–Trinajstić information content (AvgIpc) is 2.88. The Hall–Kier alpha value is -0.0800. The molecular weight excluding hydrogens is 196 g/mol. The summed E-state index contributed by atoms with van der Waals surface area (Å²) in [7, 11) is 0. The fraction of sp³-hybridized carbons (Fsp3) is 1.00. The smallest absolute Gasteiger partial charge is 0.0306 e. The minimum atomic E-state index is 0.442. The van der Waals surface area contributed by atoms with Gasteiger partial charge in [0.25, 0.3) is 0 Å². The standard InChI is InChI=1S/C14H28N2/c1-4-14(8-6-9-15-14)11-16-10-5-7-13(16)12(2)3/h12-13,15H,4-11H2,1-3H3. The van der Waals surface area contributed by atoms with Gasteiger partial charge in [0.2, 0.25) is 0 Å². The molecular formula is C14H28N2. The molecule has 0 spiro atoms. The van der Waals surface area contributed by atoms with Gasteiger partial charge in [-0.2, -0.15) is 0 Å². The van der Waals surface area contributed by atoms with Crippen LogP contribution in [0.2, 0.25) is 0 Å². The molecule has 2 heteroatoms. The predicted octanol–water partition coefficient (Wildman–Crippen LogP) is 2.64. The molecule has 2 rings (SSSR count). The van der Waals surface area contributed by atoms with E-state index < -0.39 is 0 Å². The van der Waals surface area contributed by atoms with Crippen LogP contribution < -0.4 is 5.32 Å². The van der Waals surface area contributed by atoms with Gasteiger partial charge in [-0.25, -0.2) is 0 Å². The van der Waals surface area contributed by atoms with Gasteiger partial charge in [-0.3, -0.25) is 4.90 Å². The molecule has 16 heavy (non-hydrogen) atoms. The maximum atomic E-state index is 3.76. The van der Waals surface area contributed by atoms with Crippen molar-refractivity contribution in [2.45, 2.75) is 64.5 Å². The van der Waals surface area contributed by atoms with E-state index in [2.05, 4.69) is 31.0 Å². The Morgan fingerprint density at radius 1 is 1.38 bits per heavy atom. The fourth-order valence-electron chi connectivity index (χ4n) is 3.61. The maximum absolute atomic E-state index is 3.76. The molecule has 2 aliphatic heterocycles.